The Morgan fingerprint density at radius 3 is 2.57 bits per heavy atom. The summed E-state index contributed by atoms with van der Waals surface area (Å²) in [7, 11) is 0. The van der Waals surface area contributed by atoms with Crippen molar-refractivity contribution in [1.82, 2.24) is 0 Å². The number of benzene rings is 2. The van der Waals surface area contributed by atoms with Crippen molar-refractivity contribution in [1.29, 1.82) is 0 Å². The molecule has 0 amide bonds. The van der Waals surface area contributed by atoms with Gasteiger partial charge in [-0.1, -0.05) is 43.3 Å². The molecule has 0 bridgehead atoms. The topological polar surface area (TPSA) is 49.3 Å². The van der Waals surface area contributed by atoms with Gasteiger partial charge in [-0.15, -0.1) is 0 Å². The summed E-state index contributed by atoms with van der Waals surface area (Å²) in [4.78, 5) is 11.0. The smallest absolute Gasteiger partial charge is 0.335 e. The highest BCUT2D eigenvalue weighted by atomic mass is 16.4. The average molecular weight is 283 g/mol. The molecule has 2 rings (SSSR count). The first-order valence-corrected chi connectivity index (χ1v) is 7.20. The third kappa shape index (κ3) is 4.09. The van der Waals surface area contributed by atoms with Crippen molar-refractivity contribution in [2.24, 2.45) is 0 Å². The van der Waals surface area contributed by atoms with Gasteiger partial charge in [0.2, 0.25) is 0 Å². The van der Waals surface area contributed by atoms with Gasteiger partial charge < -0.3 is 10.4 Å². The van der Waals surface area contributed by atoms with Crippen LogP contribution in [0.5, 0.6) is 0 Å². The molecule has 0 heterocycles. The van der Waals surface area contributed by atoms with Crippen molar-refractivity contribution in [2.45, 2.75) is 26.2 Å². The molecule has 0 spiro atoms. The van der Waals surface area contributed by atoms with Gasteiger partial charge in [-0.2, -0.15) is 0 Å². The maximum atomic E-state index is 11.0. The largest absolute Gasteiger partial charge is 0.478 e. The van der Waals surface area contributed by atoms with E-state index in [4.69, 9.17) is 5.11 Å². The number of carboxylic acids is 1. The Balaban J connectivity index is 1.94. The Bertz CT molecular complexity index is 608. The molecule has 2 aromatic carbocycles. The zero-order valence-corrected chi connectivity index (χ0v) is 12.5. The van der Waals surface area contributed by atoms with Gasteiger partial charge in [-0.3, -0.25) is 0 Å². The first kappa shape index (κ1) is 15.1. The van der Waals surface area contributed by atoms with Gasteiger partial charge in [0.05, 0.1) is 5.56 Å². The van der Waals surface area contributed by atoms with E-state index in [1.54, 1.807) is 12.1 Å². The third-order valence-electron chi connectivity index (χ3n) is 3.75. The first-order chi connectivity index (χ1) is 10.1. The van der Waals surface area contributed by atoms with Crippen LogP contribution in [-0.4, -0.2) is 17.6 Å². The second kappa shape index (κ2) is 6.93. The molecule has 1 unspecified atom stereocenters. The summed E-state index contributed by atoms with van der Waals surface area (Å²) in [6, 6.07) is 15.6. The van der Waals surface area contributed by atoms with E-state index in [9.17, 15) is 4.79 Å². The molecule has 0 saturated heterocycles. The quantitative estimate of drug-likeness (QED) is 0.831. The normalized spacial score (nSPS) is 11.9. The summed E-state index contributed by atoms with van der Waals surface area (Å²) in [5.74, 6) is -0.419. The Hall–Kier alpha value is -2.29. The fourth-order valence-corrected chi connectivity index (χ4v) is 2.32. The number of hydrogen-bond acceptors (Lipinski definition) is 2. The number of nitrogens with one attached hydrogen (secondary N) is 1. The van der Waals surface area contributed by atoms with Crippen LogP contribution in [-0.2, 0) is 0 Å². The lowest BCUT2D eigenvalue weighted by Crippen LogP contribution is -2.08. The molecular weight excluding hydrogens is 262 g/mol. The number of hydrogen-bond donors (Lipinski definition) is 2. The lowest BCUT2D eigenvalue weighted by Gasteiger charge is -2.14. The predicted octanol–water partition coefficient (Wildman–Crippen LogP) is 4.30. The van der Waals surface area contributed by atoms with Crippen LogP contribution >= 0.6 is 0 Å². The Kier molecular flexibility index (Phi) is 4.99. The maximum Gasteiger partial charge on any atom is 0.335 e. The zero-order valence-electron chi connectivity index (χ0n) is 12.5. The van der Waals surface area contributed by atoms with Crippen LogP contribution in [0.3, 0.4) is 0 Å². The van der Waals surface area contributed by atoms with Gasteiger partial charge in [0.25, 0.3) is 0 Å². The summed E-state index contributed by atoms with van der Waals surface area (Å²) >= 11 is 0. The van der Waals surface area contributed by atoms with Gasteiger partial charge >= 0.3 is 5.97 Å². The lowest BCUT2D eigenvalue weighted by atomic mass is 9.98. The van der Waals surface area contributed by atoms with E-state index in [2.05, 4.69) is 36.5 Å². The molecule has 1 atom stereocenters. The predicted molar refractivity (Wildman–Crippen MR) is 86.1 cm³/mol. The Labute approximate surface area is 125 Å². The second-order valence-electron chi connectivity index (χ2n) is 5.36. The molecule has 0 aliphatic heterocycles. The van der Waals surface area contributed by atoms with E-state index >= 15 is 0 Å². The fourth-order valence-electron chi connectivity index (χ4n) is 2.32. The van der Waals surface area contributed by atoms with E-state index in [-0.39, 0.29) is 0 Å². The van der Waals surface area contributed by atoms with Gasteiger partial charge in [-0.25, -0.2) is 4.79 Å². The Morgan fingerprint density at radius 2 is 1.90 bits per heavy atom. The van der Waals surface area contributed by atoms with Crippen LogP contribution in [0.15, 0.2) is 48.5 Å². The van der Waals surface area contributed by atoms with E-state index in [0.717, 1.165) is 24.2 Å². The van der Waals surface area contributed by atoms with Crippen LogP contribution in [0.4, 0.5) is 5.69 Å². The van der Waals surface area contributed by atoms with Crippen LogP contribution in [0, 0.1) is 6.92 Å². The summed E-state index contributed by atoms with van der Waals surface area (Å²) in [5, 5.41) is 12.4. The minimum Gasteiger partial charge on any atom is -0.478 e. The number of aromatic carboxylic acids is 1. The van der Waals surface area contributed by atoms with Crippen LogP contribution in [0.1, 0.15) is 40.7 Å². The van der Waals surface area contributed by atoms with E-state index in [1.807, 2.05) is 19.1 Å². The maximum absolute atomic E-state index is 11.0. The minimum absolute atomic E-state index is 0.319. The second-order valence-corrected chi connectivity index (χ2v) is 5.36. The van der Waals surface area contributed by atoms with Gasteiger partial charge in [0, 0.05) is 12.2 Å². The van der Waals surface area contributed by atoms with Crippen molar-refractivity contribution >= 4 is 11.7 Å². The van der Waals surface area contributed by atoms with E-state index < -0.39 is 5.97 Å². The molecule has 0 radical (unpaired) electrons. The number of rotatable bonds is 6. The molecule has 0 saturated carbocycles. The number of carbonyl (C=O) groups is 1. The summed E-state index contributed by atoms with van der Waals surface area (Å²) in [5.41, 5.74) is 3.61. The molecule has 110 valence electrons. The molecule has 0 aliphatic carbocycles. The van der Waals surface area contributed by atoms with Gasteiger partial charge in [0.1, 0.15) is 0 Å². The van der Waals surface area contributed by atoms with Crippen molar-refractivity contribution in [3.8, 4) is 0 Å². The van der Waals surface area contributed by atoms with Crippen LogP contribution in [0.2, 0.25) is 0 Å². The molecule has 0 aliphatic rings. The van der Waals surface area contributed by atoms with Gasteiger partial charge in [0.15, 0.2) is 0 Å². The van der Waals surface area contributed by atoms with Crippen LogP contribution < -0.4 is 5.32 Å². The molecule has 0 aromatic heterocycles. The first-order valence-electron chi connectivity index (χ1n) is 7.20. The molecule has 3 heteroatoms. The fraction of sp³-hybridized carbons (Fsp3) is 0.278. The summed E-state index contributed by atoms with van der Waals surface area (Å²) < 4.78 is 0. The lowest BCUT2D eigenvalue weighted by molar-refractivity contribution is 0.0697. The molecule has 0 fully saturated rings. The average Bonchev–Trinajstić information content (AvgIpc) is 2.49. The van der Waals surface area contributed by atoms with Crippen LogP contribution in [0.25, 0.3) is 0 Å². The molecular formula is C18H21NO2. The summed E-state index contributed by atoms with van der Waals surface area (Å²) in [6.07, 6.45) is 1.00. The number of carboxylic acid groups (broad SMARTS) is 1. The van der Waals surface area contributed by atoms with Crippen molar-refractivity contribution in [3.05, 3.63) is 65.2 Å². The number of anilines is 1. The SMILES string of the molecule is Cc1ccc(C(=O)O)cc1NCCC(C)c1ccccc1. The van der Waals surface area contributed by atoms with Crippen molar-refractivity contribution < 1.29 is 9.90 Å². The highest BCUT2D eigenvalue weighted by molar-refractivity contribution is 5.89. The third-order valence-corrected chi connectivity index (χ3v) is 3.75. The molecule has 2 aromatic rings. The van der Waals surface area contributed by atoms with Gasteiger partial charge in [-0.05, 0) is 42.5 Å². The molecule has 21 heavy (non-hydrogen) atoms. The number of aryl methyl sites for hydroxylation is 1. The summed E-state index contributed by atoms with van der Waals surface area (Å²) in [6.45, 7) is 5.01. The zero-order chi connectivity index (χ0) is 15.2. The standard InChI is InChI=1S/C18H21NO2/c1-13(15-6-4-3-5-7-15)10-11-19-17-12-16(18(20)21)9-8-14(17)2/h3-9,12-13,19H,10-11H2,1-2H3,(H,20,21). The van der Waals surface area contributed by atoms with Crippen molar-refractivity contribution in [2.75, 3.05) is 11.9 Å². The molecule has 2 N–H and O–H groups in total. The Morgan fingerprint density at radius 1 is 1.19 bits per heavy atom. The van der Waals surface area contributed by atoms with Crippen molar-refractivity contribution in [3.63, 3.8) is 0 Å². The van der Waals surface area contributed by atoms with E-state index in [0.29, 0.717) is 11.5 Å². The monoisotopic (exact) mass is 283 g/mol. The van der Waals surface area contributed by atoms with E-state index in [1.165, 1.54) is 5.56 Å². The molecule has 3 nitrogen and oxygen atoms in total. The highest BCUT2D eigenvalue weighted by Gasteiger charge is 2.07. The highest BCUT2D eigenvalue weighted by Crippen LogP contribution is 2.20. The minimum atomic E-state index is -0.893.